The molecule has 2 heterocycles. The lowest BCUT2D eigenvalue weighted by Crippen LogP contribution is -2.30. The normalized spacial score (nSPS) is 18.7. The van der Waals surface area contributed by atoms with E-state index in [-0.39, 0.29) is 10.9 Å². The molecule has 1 aromatic heterocycles. The molecule has 1 saturated heterocycles. The molecule has 1 atom stereocenters. The summed E-state index contributed by atoms with van der Waals surface area (Å²) in [6.07, 6.45) is 1.72. The minimum Gasteiger partial charge on any atom is -0.493 e. The van der Waals surface area contributed by atoms with Crippen molar-refractivity contribution in [3.05, 3.63) is 40.1 Å². The Balaban J connectivity index is 2.04. The van der Waals surface area contributed by atoms with E-state index in [1.54, 1.807) is 41.8 Å². The van der Waals surface area contributed by atoms with Gasteiger partial charge in [0.25, 0.3) is 0 Å². The van der Waals surface area contributed by atoms with E-state index >= 15 is 0 Å². The van der Waals surface area contributed by atoms with Crippen molar-refractivity contribution >= 4 is 21.4 Å². The third-order valence-electron chi connectivity index (χ3n) is 4.34. The molecule has 0 amide bonds. The molecule has 3 rings (SSSR count). The fourth-order valence-corrected chi connectivity index (χ4v) is 6.00. The Hall–Kier alpha value is -1.57. The van der Waals surface area contributed by atoms with Crippen molar-refractivity contribution < 1.29 is 17.9 Å². The number of hydrogen-bond donors (Lipinski definition) is 0. The van der Waals surface area contributed by atoms with Crippen LogP contribution >= 0.6 is 11.3 Å². The second kappa shape index (κ2) is 6.74. The van der Waals surface area contributed by atoms with Crippen molar-refractivity contribution in [1.82, 2.24) is 4.31 Å². The maximum Gasteiger partial charge on any atom is 0.244 e. The second-order valence-electron chi connectivity index (χ2n) is 5.76. The van der Waals surface area contributed by atoms with Crippen molar-refractivity contribution in [2.45, 2.75) is 30.7 Å². The highest BCUT2D eigenvalue weighted by Gasteiger charge is 2.37. The third-order valence-corrected chi connectivity index (χ3v) is 7.37. The molecule has 5 nitrogen and oxygen atoms in total. The van der Waals surface area contributed by atoms with Crippen LogP contribution in [0.3, 0.4) is 0 Å². The van der Waals surface area contributed by atoms with Crippen LogP contribution in [0.5, 0.6) is 11.5 Å². The van der Waals surface area contributed by atoms with E-state index in [1.165, 1.54) is 7.11 Å². The van der Waals surface area contributed by atoms with Crippen molar-refractivity contribution in [3.8, 4) is 11.5 Å². The third kappa shape index (κ3) is 2.92. The number of thiophene rings is 1. The minimum atomic E-state index is -3.60. The van der Waals surface area contributed by atoms with E-state index < -0.39 is 10.0 Å². The lowest BCUT2D eigenvalue weighted by atomic mass is 10.2. The second-order valence-corrected chi connectivity index (χ2v) is 8.60. The quantitative estimate of drug-likeness (QED) is 0.810. The lowest BCUT2D eigenvalue weighted by molar-refractivity contribution is 0.352. The Morgan fingerprint density at radius 2 is 1.92 bits per heavy atom. The molecule has 7 heteroatoms. The zero-order chi connectivity index (χ0) is 17.3. The molecule has 1 aromatic carbocycles. The topological polar surface area (TPSA) is 55.8 Å². The summed E-state index contributed by atoms with van der Waals surface area (Å²) in [6.45, 7) is 2.32. The summed E-state index contributed by atoms with van der Waals surface area (Å²) in [4.78, 5) is 1.37. The maximum atomic E-state index is 13.3. The summed E-state index contributed by atoms with van der Waals surface area (Å²) in [7, 11) is -0.549. The number of nitrogens with zero attached hydrogens (tertiary/aromatic N) is 1. The van der Waals surface area contributed by atoms with Gasteiger partial charge < -0.3 is 9.47 Å². The first kappa shape index (κ1) is 17.3. The molecule has 1 aliphatic rings. The molecule has 0 aliphatic carbocycles. The predicted molar refractivity (Wildman–Crippen MR) is 94.5 cm³/mol. The van der Waals surface area contributed by atoms with E-state index in [0.29, 0.717) is 23.6 Å². The zero-order valence-electron chi connectivity index (χ0n) is 14.0. The van der Waals surface area contributed by atoms with Crippen LogP contribution in [0.15, 0.2) is 34.5 Å². The van der Waals surface area contributed by atoms with Gasteiger partial charge in [0.2, 0.25) is 10.0 Å². The standard InChI is InChI=1S/C17H21NO4S2/c1-12-10-14(21-2)15(22-3)11-17(12)24(19,20)18-8-4-6-13(18)16-7-5-9-23-16/h5,7,9-11,13H,4,6,8H2,1-3H3/t13-/m0/s1. The minimum absolute atomic E-state index is 0.0810. The number of aryl methyl sites for hydroxylation is 1. The molecule has 1 fully saturated rings. The molecular formula is C17H21NO4S2. The van der Waals surface area contributed by atoms with Gasteiger partial charge in [0.15, 0.2) is 11.5 Å². The number of ether oxygens (including phenoxy) is 2. The summed E-state index contributed by atoms with van der Waals surface area (Å²) in [5.74, 6) is 0.957. The maximum absolute atomic E-state index is 13.3. The van der Waals surface area contributed by atoms with Gasteiger partial charge in [0.1, 0.15) is 0 Å². The van der Waals surface area contributed by atoms with Gasteiger partial charge in [-0.15, -0.1) is 11.3 Å². The average molecular weight is 367 g/mol. The van der Waals surface area contributed by atoms with E-state index in [0.717, 1.165) is 17.7 Å². The molecule has 0 bridgehead atoms. The lowest BCUT2D eigenvalue weighted by Gasteiger charge is -2.24. The molecule has 130 valence electrons. The monoisotopic (exact) mass is 367 g/mol. The van der Waals surface area contributed by atoms with Crippen LogP contribution in [0.1, 0.15) is 29.3 Å². The number of methoxy groups -OCH3 is 2. The first-order chi connectivity index (χ1) is 11.5. The molecule has 0 unspecified atom stereocenters. The smallest absolute Gasteiger partial charge is 0.244 e. The average Bonchev–Trinajstić information content (AvgIpc) is 3.24. The van der Waals surface area contributed by atoms with Crippen LogP contribution in [0.2, 0.25) is 0 Å². The highest BCUT2D eigenvalue weighted by molar-refractivity contribution is 7.89. The highest BCUT2D eigenvalue weighted by Crippen LogP contribution is 2.41. The Morgan fingerprint density at radius 1 is 1.21 bits per heavy atom. The fraction of sp³-hybridized carbons (Fsp3) is 0.412. The van der Waals surface area contributed by atoms with E-state index in [9.17, 15) is 8.42 Å². The van der Waals surface area contributed by atoms with Gasteiger partial charge in [-0.05, 0) is 42.8 Å². The largest absolute Gasteiger partial charge is 0.493 e. The number of benzene rings is 1. The number of rotatable bonds is 5. The molecule has 0 radical (unpaired) electrons. The summed E-state index contributed by atoms with van der Waals surface area (Å²) in [5, 5.41) is 1.99. The van der Waals surface area contributed by atoms with Crippen LogP contribution in [-0.4, -0.2) is 33.5 Å². The van der Waals surface area contributed by atoms with Crippen LogP contribution < -0.4 is 9.47 Å². The highest BCUT2D eigenvalue weighted by atomic mass is 32.2. The van der Waals surface area contributed by atoms with Crippen molar-refractivity contribution in [3.63, 3.8) is 0 Å². The molecular weight excluding hydrogens is 346 g/mol. The molecule has 0 N–H and O–H groups in total. The van der Waals surface area contributed by atoms with Gasteiger partial charge in [-0.1, -0.05) is 6.07 Å². The van der Waals surface area contributed by atoms with Crippen LogP contribution in [0.25, 0.3) is 0 Å². The Bertz CT molecular complexity index is 815. The summed E-state index contributed by atoms with van der Waals surface area (Å²) in [6, 6.07) is 7.16. The molecule has 24 heavy (non-hydrogen) atoms. The van der Waals surface area contributed by atoms with E-state index in [1.807, 2.05) is 17.5 Å². The Morgan fingerprint density at radius 3 is 2.54 bits per heavy atom. The van der Waals surface area contributed by atoms with Gasteiger partial charge in [-0.3, -0.25) is 0 Å². The SMILES string of the molecule is COc1cc(C)c(S(=O)(=O)N2CCC[C@H]2c2cccs2)cc1OC. The van der Waals surface area contributed by atoms with Crippen molar-refractivity contribution in [2.24, 2.45) is 0 Å². The summed E-state index contributed by atoms with van der Waals surface area (Å²) in [5.41, 5.74) is 0.657. The van der Waals surface area contributed by atoms with E-state index in [4.69, 9.17) is 9.47 Å². The van der Waals surface area contributed by atoms with Gasteiger partial charge >= 0.3 is 0 Å². The van der Waals surface area contributed by atoms with Crippen LogP contribution in [-0.2, 0) is 10.0 Å². The van der Waals surface area contributed by atoms with Crippen molar-refractivity contribution in [1.29, 1.82) is 0 Å². The first-order valence-corrected chi connectivity index (χ1v) is 10.1. The van der Waals surface area contributed by atoms with Crippen LogP contribution in [0.4, 0.5) is 0 Å². The summed E-state index contributed by atoms with van der Waals surface area (Å²) >= 11 is 1.60. The van der Waals surface area contributed by atoms with Gasteiger partial charge in [-0.25, -0.2) is 8.42 Å². The molecule has 0 spiro atoms. The first-order valence-electron chi connectivity index (χ1n) is 7.77. The molecule has 1 aliphatic heterocycles. The van der Waals surface area contributed by atoms with Crippen LogP contribution in [0, 0.1) is 6.92 Å². The molecule has 0 saturated carbocycles. The van der Waals surface area contributed by atoms with Gasteiger partial charge in [0, 0.05) is 17.5 Å². The zero-order valence-corrected chi connectivity index (χ0v) is 15.6. The number of hydrogen-bond acceptors (Lipinski definition) is 5. The number of sulfonamides is 1. The van der Waals surface area contributed by atoms with Crippen molar-refractivity contribution in [2.75, 3.05) is 20.8 Å². The Labute approximate surface area is 146 Å². The van der Waals surface area contributed by atoms with Gasteiger partial charge in [0.05, 0.1) is 25.2 Å². The molecule has 2 aromatic rings. The predicted octanol–water partition coefficient (Wildman–Crippen LogP) is 3.60. The van der Waals surface area contributed by atoms with E-state index in [2.05, 4.69) is 0 Å². The van der Waals surface area contributed by atoms with Gasteiger partial charge in [-0.2, -0.15) is 4.31 Å². The summed E-state index contributed by atoms with van der Waals surface area (Å²) < 4.78 is 38.7. The fourth-order valence-electron chi connectivity index (χ4n) is 3.16. The Kier molecular flexibility index (Phi) is 4.85.